The number of hydrogen-bond acceptors (Lipinski definition) is 11. The molecule has 4 aliphatic rings. The van der Waals surface area contributed by atoms with Crippen LogP contribution >= 0.6 is 0 Å². The molecule has 5 heterocycles. The number of piperidine rings is 1. The summed E-state index contributed by atoms with van der Waals surface area (Å²) in [7, 11) is -8.49. The second kappa shape index (κ2) is 28.7. The van der Waals surface area contributed by atoms with Gasteiger partial charge in [0.1, 0.15) is 6.54 Å². The van der Waals surface area contributed by atoms with E-state index in [9.17, 15) is 45.1 Å². The lowest BCUT2D eigenvalue weighted by molar-refractivity contribution is -0.438. The maximum atomic E-state index is 13.9. The highest BCUT2D eigenvalue weighted by molar-refractivity contribution is 7.86. The Morgan fingerprint density at radius 1 is 0.739 bits per heavy atom. The summed E-state index contributed by atoms with van der Waals surface area (Å²) in [5.41, 5.74) is 8.10. The summed E-state index contributed by atoms with van der Waals surface area (Å²) >= 11 is 0. The number of rotatable bonds is 28. The first-order valence-electron chi connectivity index (χ1n) is 30.8. The minimum Gasteiger partial charge on any atom is -0.354 e. The molecule has 1 fully saturated rings. The van der Waals surface area contributed by atoms with E-state index in [4.69, 9.17) is 0 Å². The summed E-state index contributed by atoms with van der Waals surface area (Å²) in [6, 6.07) is 27.5. The number of aromatic nitrogens is 2. The second-order valence-electron chi connectivity index (χ2n) is 24.4. The monoisotopic (exact) mass is 1240 g/mol. The first-order valence-corrected chi connectivity index (χ1v) is 33.9. The van der Waals surface area contributed by atoms with E-state index >= 15 is 0 Å². The van der Waals surface area contributed by atoms with E-state index in [1.165, 1.54) is 12.1 Å². The zero-order valence-corrected chi connectivity index (χ0v) is 52.6. The van der Waals surface area contributed by atoms with Crippen LogP contribution in [-0.4, -0.2) is 126 Å². The van der Waals surface area contributed by atoms with Crippen LogP contribution in [0.15, 0.2) is 144 Å². The fourth-order valence-corrected chi connectivity index (χ4v) is 13.8. The van der Waals surface area contributed by atoms with E-state index in [1.807, 2.05) is 105 Å². The van der Waals surface area contributed by atoms with Gasteiger partial charge in [-0.15, -0.1) is 0 Å². The molecule has 0 radical (unpaired) electrons. The summed E-state index contributed by atoms with van der Waals surface area (Å²) in [6.45, 7) is 13.0. The van der Waals surface area contributed by atoms with Crippen molar-refractivity contribution >= 4 is 78.0 Å². The van der Waals surface area contributed by atoms with Gasteiger partial charge >= 0.3 is 0 Å². The first-order chi connectivity index (χ1) is 42.1. The maximum Gasteiger partial charge on any atom is 0.294 e. The van der Waals surface area contributed by atoms with Gasteiger partial charge in [0.15, 0.2) is 5.71 Å². The van der Waals surface area contributed by atoms with Crippen LogP contribution in [0.1, 0.15) is 132 Å². The van der Waals surface area contributed by atoms with E-state index < -0.39 is 25.7 Å². The van der Waals surface area contributed by atoms with Crippen LogP contribution in [0, 0.1) is 5.92 Å². The third kappa shape index (κ3) is 16.2. The van der Waals surface area contributed by atoms with Gasteiger partial charge in [-0.2, -0.15) is 21.4 Å². The van der Waals surface area contributed by atoms with Gasteiger partial charge in [0.25, 0.3) is 26.1 Å². The van der Waals surface area contributed by atoms with Crippen molar-refractivity contribution in [3.8, 4) is 0 Å². The summed E-state index contributed by atoms with van der Waals surface area (Å²) in [6.07, 6.45) is 23.3. The Kier molecular flexibility index (Phi) is 21.2. The third-order valence-corrected chi connectivity index (χ3v) is 19.1. The van der Waals surface area contributed by atoms with Crippen molar-refractivity contribution in [2.45, 2.75) is 133 Å². The smallest absolute Gasteiger partial charge is 0.294 e. The molecule has 0 saturated carbocycles. The van der Waals surface area contributed by atoms with E-state index in [1.54, 1.807) is 17.0 Å². The van der Waals surface area contributed by atoms with Crippen LogP contribution in [0.5, 0.6) is 0 Å². The predicted molar refractivity (Wildman–Crippen MR) is 344 cm³/mol. The van der Waals surface area contributed by atoms with Gasteiger partial charge in [-0.05, 0) is 132 Å². The van der Waals surface area contributed by atoms with Gasteiger partial charge in [-0.1, -0.05) is 93.8 Å². The molecule has 21 heteroatoms. The predicted octanol–water partition coefficient (Wildman–Crippen LogP) is 10.2. The molecule has 9 rings (SSSR count). The molecule has 1 aromatic heterocycles. The van der Waals surface area contributed by atoms with Crippen molar-refractivity contribution in [1.29, 1.82) is 0 Å². The molecule has 0 atom stereocenters. The Morgan fingerprint density at radius 2 is 1.44 bits per heavy atom. The third-order valence-electron chi connectivity index (χ3n) is 17.5. The zero-order chi connectivity index (χ0) is 62.6. The molecule has 19 nitrogen and oxygen atoms in total. The Morgan fingerprint density at radius 3 is 2.20 bits per heavy atom. The number of nitrogens with zero attached hydrogens (tertiary/aromatic N) is 6. The van der Waals surface area contributed by atoms with Crippen molar-refractivity contribution in [1.82, 2.24) is 25.1 Å². The van der Waals surface area contributed by atoms with Gasteiger partial charge in [-0.3, -0.25) is 38.1 Å². The minimum absolute atomic E-state index is 0.0589. The molecule has 88 heavy (non-hydrogen) atoms. The van der Waals surface area contributed by atoms with Crippen molar-refractivity contribution < 1.29 is 49.7 Å². The SMILES string of the molecule is CC1(C)C(/C=C/C=C/C=C2/N(CCCCCC(=O)NCCNC(=O)CCc3cn(CCCCC4CCN(CC(=O)N5c6ccccc6NC(=O)c6ccccc65)CC4)cn3)c3ccc(S(=O)(=O)O)cc3C2(C)C)=[N+](CCCCS(=O)(=O)O)c2ccccc21. The summed E-state index contributed by atoms with van der Waals surface area (Å²) in [5.74, 6) is -0.178. The van der Waals surface area contributed by atoms with Crippen LogP contribution in [-0.2, 0) is 58.4 Å². The van der Waals surface area contributed by atoms with Crippen LogP contribution in [0.2, 0.25) is 0 Å². The van der Waals surface area contributed by atoms with Gasteiger partial charge < -0.3 is 25.4 Å². The number of anilines is 4. The molecule has 0 bridgehead atoms. The number of unbranched alkanes of at least 4 members (excludes halogenated alkanes) is 4. The number of carbonyl (C=O) groups excluding carboxylic acids is 4. The number of imidazole rings is 1. The molecule has 0 unspecified atom stereocenters. The van der Waals surface area contributed by atoms with Crippen LogP contribution in [0.25, 0.3) is 0 Å². The molecular formula is C67H84N9O10S2+. The first kappa shape index (κ1) is 64.9. The van der Waals surface area contributed by atoms with E-state index in [0.717, 1.165) is 104 Å². The molecule has 468 valence electrons. The van der Waals surface area contributed by atoms with Gasteiger partial charge in [-0.25, -0.2) is 4.98 Å². The van der Waals surface area contributed by atoms with Crippen molar-refractivity contribution in [2.75, 3.05) is 66.7 Å². The highest BCUT2D eigenvalue weighted by Crippen LogP contribution is 2.49. The van der Waals surface area contributed by atoms with Crippen LogP contribution < -0.4 is 25.8 Å². The van der Waals surface area contributed by atoms with Crippen LogP contribution in [0.3, 0.4) is 0 Å². The number of para-hydroxylation sites is 4. The summed E-state index contributed by atoms with van der Waals surface area (Å²) < 4.78 is 70.8. The number of nitrogens with one attached hydrogen (secondary N) is 3. The second-order valence-corrected chi connectivity index (χ2v) is 27.4. The molecule has 4 aliphatic heterocycles. The van der Waals surface area contributed by atoms with Crippen molar-refractivity contribution in [2.24, 2.45) is 5.92 Å². The standard InChI is InChI=1S/C67H83N9O10S2/c1-66(2)53-23-11-14-26-57(53)74(41-19-20-44-87(81,82)83)60(66)28-7-5-8-29-61-67(3,4)54-45-51(88(84,85)86)32-33-58(54)75(61)40-17-6-9-30-62(77)68-37-38-69-63(78)34-31-50-46-73(48-70-50)39-18-16-21-49-35-42-72(43-36-49)47-64(79)76-56-25-13-10-22-52(56)65(80)71-55-24-12-15-27-59(55)76/h5,7-8,10-15,22-29,32-33,45-46,48-49H,6,9,16-21,30-31,34-44,47H2,1-4H3,(H4-,68,69,71,77,78,80,81,82,83,84,85,86)/p+1. The lowest BCUT2D eigenvalue weighted by Gasteiger charge is -2.33. The van der Waals surface area contributed by atoms with E-state index in [-0.39, 0.29) is 52.7 Å². The number of carbonyl (C=O) groups is 4. The number of likely N-dealkylation sites (tertiary alicyclic amines) is 1. The molecular weight excluding hydrogens is 1150 g/mol. The molecule has 0 aliphatic carbocycles. The van der Waals surface area contributed by atoms with Crippen molar-refractivity contribution in [3.63, 3.8) is 0 Å². The highest BCUT2D eigenvalue weighted by Gasteiger charge is 2.44. The number of aryl methyl sites for hydroxylation is 2. The van der Waals surface area contributed by atoms with Crippen LogP contribution in [0.4, 0.5) is 28.4 Å². The molecule has 1 saturated heterocycles. The topological polar surface area (TPSA) is 244 Å². The van der Waals surface area contributed by atoms with Gasteiger partial charge in [0.2, 0.25) is 23.4 Å². The summed E-state index contributed by atoms with van der Waals surface area (Å²) in [4.78, 5) is 63.0. The van der Waals surface area contributed by atoms with E-state index in [0.29, 0.717) is 86.8 Å². The average Bonchev–Trinajstić information content (AvgIpc) is 1.71. The van der Waals surface area contributed by atoms with Crippen molar-refractivity contribution in [3.05, 3.63) is 162 Å². The highest BCUT2D eigenvalue weighted by atomic mass is 32.2. The Labute approximate surface area is 518 Å². The molecule has 5 N–H and O–H groups in total. The number of amides is 4. The molecule has 4 amide bonds. The number of fused-ring (bicyclic) bond motifs is 4. The van der Waals surface area contributed by atoms with Gasteiger partial charge in [0, 0.05) is 86.1 Å². The largest absolute Gasteiger partial charge is 0.354 e. The minimum atomic E-state index is -4.44. The molecule has 4 aromatic carbocycles. The number of allylic oxidation sites excluding steroid dienone is 6. The average molecular weight is 1240 g/mol. The lowest BCUT2D eigenvalue weighted by Crippen LogP contribution is -2.42. The maximum absolute atomic E-state index is 13.9. The quantitative estimate of drug-likeness (QED) is 0.0136. The fraction of sp³-hybridized carbons (Fsp3) is 0.433. The number of hydrogen-bond donors (Lipinski definition) is 5. The molecule has 5 aromatic rings. The Balaban J connectivity index is 0.661. The Bertz CT molecular complexity index is 3730. The lowest BCUT2D eigenvalue weighted by atomic mass is 9.81. The fourth-order valence-electron chi connectivity index (χ4n) is 12.7. The summed E-state index contributed by atoms with van der Waals surface area (Å²) in [5, 5.41) is 8.78. The molecule has 0 spiro atoms. The Hall–Kier alpha value is -7.56. The van der Waals surface area contributed by atoms with E-state index in [2.05, 4.69) is 71.9 Å². The number of benzene rings is 4. The van der Waals surface area contributed by atoms with Gasteiger partial charge in [0.05, 0.1) is 57.3 Å². The normalized spacial score (nSPS) is 17.1. The zero-order valence-electron chi connectivity index (χ0n) is 51.0.